The van der Waals surface area contributed by atoms with E-state index < -0.39 is 10.9 Å². The van der Waals surface area contributed by atoms with Crippen molar-refractivity contribution in [2.24, 2.45) is 0 Å². The van der Waals surface area contributed by atoms with Gasteiger partial charge in [-0.15, -0.1) is 0 Å². The van der Waals surface area contributed by atoms with Gasteiger partial charge in [0.2, 0.25) is 0 Å². The van der Waals surface area contributed by atoms with Gasteiger partial charge in [-0.25, -0.2) is 4.79 Å². The summed E-state index contributed by atoms with van der Waals surface area (Å²) < 4.78 is 5.54. The molecule has 1 aromatic rings. The van der Waals surface area contributed by atoms with Crippen molar-refractivity contribution >= 4 is 11.7 Å². The monoisotopic (exact) mass is 294 g/mol. The van der Waals surface area contributed by atoms with Crippen molar-refractivity contribution < 1.29 is 19.6 Å². The second kappa shape index (κ2) is 6.64. The van der Waals surface area contributed by atoms with Crippen LogP contribution in [0.15, 0.2) is 18.2 Å². The second-order valence-electron chi connectivity index (χ2n) is 5.14. The Bertz CT molecular complexity index is 546. The Kier molecular flexibility index (Phi) is 4.87. The molecule has 1 aliphatic heterocycles. The zero-order valence-corrected chi connectivity index (χ0v) is 11.8. The summed E-state index contributed by atoms with van der Waals surface area (Å²) in [6.45, 7) is 4.48. The normalized spacial score (nSPS) is 20.0. The van der Waals surface area contributed by atoms with Crippen LogP contribution < -0.4 is 0 Å². The lowest BCUT2D eigenvalue weighted by Crippen LogP contribution is -2.30. The maximum absolute atomic E-state index is 11.4. The van der Waals surface area contributed by atoms with Gasteiger partial charge >= 0.3 is 5.97 Å². The topological polar surface area (TPSA) is 92.9 Å². The van der Waals surface area contributed by atoms with Crippen LogP contribution in [-0.2, 0) is 11.3 Å². The Morgan fingerprint density at radius 1 is 1.57 bits per heavy atom. The first-order valence-electron chi connectivity index (χ1n) is 6.82. The van der Waals surface area contributed by atoms with Crippen molar-refractivity contribution in [3.63, 3.8) is 0 Å². The first-order chi connectivity index (χ1) is 9.99. The minimum Gasteiger partial charge on any atom is -0.477 e. The van der Waals surface area contributed by atoms with Gasteiger partial charge in [0.05, 0.1) is 11.0 Å². The molecule has 21 heavy (non-hydrogen) atoms. The molecule has 1 aliphatic rings. The molecule has 0 radical (unpaired) electrons. The molecule has 0 spiro atoms. The van der Waals surface area contributed by atoms with E-state index in [-0.39, 0.29) is 17.4 Å². The van der Waals surface area contributed by atoms with Crippen molar-refractivity contribution in [2.45, 2.75) is 26.0 Å². The van der Waals surface area contributed by atoms with Crippen LogP contribution in [0.1, 0.15) is 29.3 Å². The summed E-state index contributed by atoms with van der Waals surface area (Å²) in [5.41, 5.74) is -0.120. The van der Waals surface area contributed by atoms with Gasteiger partial charge in [-0.1, -0.05) is 12.1 Å². The molecule has 0 amide bonds. The molecule has 1 fully saturated rings. The molecule has 1 atom stereocenters. The summed E-state index contributed by atoms with van der Waals surface area (Å²) in [4.78, 5) is 23.8. The van der Waals surface area contributed by atoms with Gasteiger partial charge in [0.1, 0.15) is 5.56 Å². The summed E-state index contributed by atoms with van der Waals surface area (Å²) in [5, 5.41) is 20.3. The molecule has 1 unspecified atom stereocenters. The lowest BCUT2D eigenvalue weighted by Gasteiger charge is -2.22. The second-order valence-corrected chi connectivity index (χ2v) is 5.14. The lowest BCUT2D eigenvalue weighted by molar-refractivity contribution is -0.385. The maximum atomic E-state index is 11.4. The molecule has 1 heterocycles. The third-order valence-corrected chi connectivity index (χ3v) is 3.47. The molecule has 2 rings (SSSR count). The molecule has 7 nitrogen and oxygen atoms in total. The highest BCUT2D eigenvalue weighted by molar-refractivity contribution is 5.94. The average molecular weight is 294 g/mol. The van der Waals surface area contributed by atoms with Crippen LogP contribution in [0.5, 0.6) is 0 Å². The maximum Gasteiger partial charge on any atom is 0.343 e. The molecule has 7 heteroatoms. The molecule has 0 bridgehead atoms. The van der Waals surface area contributed by atoms with Crippen LogP contribution in [-0.4, -0.2) is 46.7 Å². The van der Waals surface area contributed by atoms with Crippen LogP contribution >= 0.6 is 0 Å². The minimum atomic E-state index is -1.27. The predicted molar refractivity (Wildman–Crippen MR) is 75.4 cm³/mol. The van der Waals surface area contributed by atoms with Crippen LogP contribution in [0.3, 0.4) is 0 Å². The number of hydrogen-bond donors (Lipinski definition) is 1. The fraction of sp³-hybridized carbons (Fsp3) is 0.500. The van der Waals surface area contributed by atoms with Crippen molar-refractivity contribution in [2.75, 3.05) is 19.7 Å². The first kappa shape index (κ1) is 15.4. The molecule has 0 aliphatic carbocycles. The number of carboxylic acids is 1. The Morgan fingerprint density at radius 3 is 3.00 bits per heavy atom. The number of nitrogens with zero attached hydrogens (tertiary/aromatic N) is 2. The number of nitro benzene ring substituents is 1. The van der Waals surface area contributed by atoms with Gasteiger partial charge in [0.25, 0.3) is 5.69 Å². The standard InChI is InChI=1S/C14H18N2O5/c1-10-8-15(6-3-7-21-10)9-11-4-2-5-12(16(19)20)13(11)14(17)18/h2,4-5,10H,3,6-9H2,1H3,(H,17,18). The number of carbonyl (C=O) groups is 1. The highest BCUT2D eigenvalue weighted by Crippen LogP contribution is 2.24. The molecular weight excluding hydrogens is 276 g/mol. The fourth-order valence-corrected chi connectivity index (χ4v) is 2.58. The Labute approximate surface area is 122 Å². The van der Waals surface area contributed by atoms with E-state index in [2.05, 4.69) is 4.90 Å². The van der Waals surface area contributed by atoms with Gasteiger partial charge in [0.15, 0.2) is 0 Å². The number of hydrogen-bond acceptors (Lipinski definition) is 5. The van der Waals surface area contributed by atoms with E-state index in [1.165, 1.54) is 12.1 Å². The fourth-order valence-electron chi connectivity index (χ4n) is 2.58. The van der Waals surface area contributed by atoms with Crippen LogP contribution in [0, 0.1) is 10.1 Å². The number of ether oxygens (including phenoxy) is 1. The number of aromatic carboxylic acids is 1. The summed E-state index contributed by atoms with van der Waals surface area (Å²) in [7, 11) is 0. The summed E-state index contributed by atoms with van der Waals surface area (Å²) in [6, 6.07) is 4.38. The van der Waals surface area contributed by atoms with Crippen molar-refractivity contribution in [1.82, 2.24) is 4.90 Å². The van der Waals surface area contributed by atoms with E-state index in [0.717, 1.165) is 13.0 Å². The number of benzene rings is 1. The molecular formula is C14H18N2O5. The van der Waals surface area contributed by atoms with Gasteiger partial charge in [-0.3, -0.25) is 15.0 Å². The minimum absolute atomic E-state index is 0.0690. The number of nitro groups is 1. The van der Waals surface area contributed by atoms with Crippen LogP contribution in [0.25, 0.3) is 0 Å². The van der Waals surface area contributed by atoms with E-state index in [1.807, 2.05) is 6.92 Å². The Hall–Kier alpha value is -1.99. The van der Waals surface area contributed by atoms with Gasteiger partial charge in [-0.05, 0) is 18.9 Å². The molecule has 0 saturated carbocycles. The van der Waals surface area contributed by atoms with E-state index >= 15 is 0 Å². The molecule has 1 saturated heterocycles. The third-order valence-electron chi connectivity index (χ3n) is 3.47. The zero-order valence-electron chi connectivity index (χ0n) is 11.8. The quantitative estimate of drug-likeness (QED) is 0.673. The highest BCUT2D eigenvalue weighted by atomic mass is 16.6. The lowest BCUT2D eigenvalue weighted by atomic mass is 10.0. The SMILES string of the molecule is CC1CN(Cc2cccc([N+](=O)[O-])c2C(=O)O)CCCO1. The van der Waals surface area contributed by atoms with E-state index in [4.69, 9.17) is 4.74 Å². The van der Waals surface area contributed by atoms with Crippen molar-refractivity contribution in [1.29, 1.82) is 0 Å². The van der Waals surface area contributed by atoms with Crippen molar-refractivity contribution in [3.8, 4) is 0 Å². The largest absolute Gasteiger partial charge is 0.477 e. The molecule has 1 N–H and O–H groups in total. The van der Waals surface area contributed by atoms with Crippen LogP contribution in [0.4, 0.5) is 5.69 Å². The average Bonchev–Trinajstić information content (AvgIpc) is 2.62. The third kappa shape index (κ3) is 3.77. The molecule has 1 aromatic carbocycles. The molecule has 0 aromatic heterocycles. The molecule has 114 valence electrons. The Morgan fingerprint density at radius 2 is 2.33 bits per heavy atom. The van der Waals surface area contributed by atoms with Gasteiger partial charge in [-0.2, -0.15) is 0 Å². The predicted octanol–water partition coefficient (Wildman–Crippen LogP) is 1.90. The van der Waals surface area contributed by atoms with Crippen LogP contribution in [0.2, 0.25) is 0 Å². The summed E-state index contributed by atoms with van der Waals surface area (Å²) >= 11 is 0. The Balaban J connectivity index is 2.28. The zero-order chi connectivity index (χ0) is 15.4. The number of rotatable bonds is 4. The highest BCUT2D eigenvalue weighted by Gasteiger charge is 2.25. The summed E-state index contributed by atoms with van der Waals surface area (Å²) in [5.74, 6) is -1.27. The summed E-state index contributed by atoms with van der Waals surface area (Å²) in [6.07, 6.45) is 0.932. The van der Waals surface area contributed by atoms with E-state index in [9.17, 15) is 20.0 Å². The van der Waals surface area contributed by atoms with Gasteiger partial charge in [0, 0.05) is 32.3 Å². The van der Waals surface area contributed by atoms with E-state index in [1.54, 1.807) is 6.07 Å². The number of carboxylic acid groups (broad SMARTS) is 1. The smallest absolute Gasteiger partial charge is 0.343 e. The van der Waals surface area contributed by atoms with Crippen molar-refractivity contribution in [3.05, 3.63) is 39.4 Å². The first-order valence-corrected chi connectivity index (χ1v) is 6.82. The van der Waals surface area contributed by atoms with E-state index in [0.29, 0.717) is 25.3 Å². The van der Waals surface area contributed by atoms with Gasteiger partial charge < -0.3 is 9.84 Å².